The Balaban J connectivity index is 3.19. The lowest BCUT2D eigenvalue weighted by molar-refractivity contribution is -0.138. The Kier molecular flexibility index (Phi) is 6.00. The third kappa shape index (κ3) is 5.67. The van der Waals surface area contributed by atoms with Gasteiger partial charge in [-0.2, -0.15) is 0 Å². The van der Waals surface area contributed by atoms with E-state index in [4.69, 9.17) is 10.8 Å². The van der Waals surface area contributed by atoms with E-state index in [1.165, 1.54) is 0 Å². The number of rotatable bonds is 7. The topological polar surface area (TPSA) is 89.6 Å². The van der Waals surface area contributed by atoms with Gasteiger partial charge in [-0.1, -0.05) is 0 Å². The molecule has 0 aliphatic rings. The molecule has 0 aliphatic heterocycles. The summed E-state index contributed by atoms with van der Waals surface area (Å²) >= 11 is 0. The molecule has 70 valence electrons. The molecule has 0 fully saturated rings. The number of nitrogens with two attached hydrogens (primary N) is 1. The predicted octanol–water partition coefficient (Wildman–Crippen LogP) is -0.258. The molecule has 0 spiro atoms. The molecule has 0 saturated carbocycles. The molecule has 0 bridgehead atoms. The summed E-state index contributed by atoms with van der Waals surface area (Å²) in [6.45, 7) is 0.701. The first-order valence-corrected chi connectivity index (χ1v) is 3.72. The highest BCUT2D eigenvalue weighted by atomic mass is 16.5. The van der Waals surface area contributed by atoms with Crippen LogP contribution in [0.15, 0.2) is 0 Å². The number of hydrogen-bond acceptors (Lipinski definition) is 4. The van der Waals surface area contributed by atoms with Crippen molar-refractivity contribution in [2.24, 2.45) is 5.73 Å². The number of aliphatic carboxylic acids is 1. The van der Waals surface area contributed by atoms with Crippen LogP contribution in [0.3, 0.4) is 0 Å². The minimum absolute atomic E-state index is 0.329. The lowest BCUT2D eigenvalue weighted by Crippen LogP contribution is -2.29. The monoisotopic (exact) mass is 175 g/mol. The second-order valence-corrected chi connectivity index (χ2v) is 2.41. The van der Waals surface area contributed by atoms with Crippen LogP contribution in [-0.2, 0) is 14.3 Å². The molecule has 0 unspecified atom stereocenters. The van der Waals surface area contributed by atoms with Gasteiger partial charge < -0.3 is 15.6 Å². The fraction of sp³-hybridized carbons (Fsp3) is 0.714. The van der Waals surface area contributed by atoms with Gasteiger partial charge >= 0.3 is 5.97 Å². The molecule has 3 N–H and O–H groups in total. The minimum Gasteiger partial charge on any atom is -0.480 e. The van der Waals surface area contributed by atoms with Gasteiger partial charge in [-0.05, 0) is 19.3 Å². The summed E-state index contributed by atoms with van der Waals surface area (Å²) in [5, 5.41) is 8.37. The number of ether oxygens (including phenoxy) is 1. The largest absolute Gasteiger partial charge is 0.480 e. The number of carboxylic acids is 1. The van der Waals surface area contributed by atoms with Gasteiger partial charge in [0.15, 0.2) is 0 Å². The molecule has 0 amide bonds. The third-order valence-corrected chi connectivity index (χ3v) is 1.41. The first kappa shape index (κ1) is 10.9. The fourth-order valence-corrected chi connectivity index (χ4v) is 0.721. The average molecular weight is 175 g/mol. The molecule has 0 radical (unpaired) electrons. The van der Waals surface area contributed by atoms with Crippen molar-refractivity contribution in [1.82, 2.24) is 0 Å². The zero-order valence-corrected chi connectivity index (χ0v) is 6.73. The summed E-state index contributed by atoms with van der Waals surface area (Å²) in [6, 6.07) is -0.804. The van der Waals surface area contributed by atoms with Gasteiger partial charge in [0.25, 0.3) is 6.47 Å². The van der Waals surface area contributed by atoms with Crippen LogP contribution in [0.4, 0.5) is 0 Å². The lowest BCUT2D eigenvalue weighted by Gasteiger charge is -2.04. The molecule has 5 nitrogen and oxygen atoms in total. The molecule has 5 heteroatoms. The third-order valence-electron chi connectivity index (χ3n) is 1.41. The van der Waals surface area contributed by atoms with Gasteiger partial charge in [0.05, 0.1) is 6.61 Å². The van der Waals surface area contributed by atoms with Crippen molar-refractivity contribution < 1.29 is 19.4 Å². The van der Waals surface area contributed by atoms with E-state index in [0.717, 1.165) is 0 Å². The molecule has 0 aromatic carbocycles. The summed E-state index contributed by atoms with van der Waals surface area (Å²) in [6.07, 6.45) is 1.72. The second-order valence-electron chi connectivity index (χ2n) is 2.41. The Bertz CT molecular complexity index is 148. The smallest absolute Gasteiger partial charge is 0.320 e. The molecule has 1 atom stereocenters. The van der Waals surface area contributed by atoms with Crippen LogP contribution in [-0.4, -0.2) is 30.2 Å². The quantitative estimate of drug-likeness (QED) is 0.411. The average Bonchev–Trinajstić information content (AvgIpc) is 2.03. The van der Waals surface area contributed by atoms with E-state index < -0.39 is 12.0 Å². The maximum Gasteiger partial charge on any atom is 0.320 e. The van der Waals surface area contributed by atoms with Gasteiger partial charge in [-0.15, -0.1) is 0 Å². The van der Waals surface area contributed by atoms with E-state index in [0.29, 0.717) is 32.3 Å². The minimum atomic E-state index is -0.994. The fourth-order valence-electron chi connectivity index (χ4n) is 0.721. The second kappa shape index (κ2) is 6.60. The number of carboxylic acid groups (broad SMARTS) is 1. The molecular formula is C7H13NO4. The normalized spacial score (nSPS) is 12.1. The van der Waals surface area contributed by atoms with Crippen LogP contribution >= 0.6 is 0 Å². The lowest BCUT2D eigenvalue weighted by atomic mass is 10.1. The summed E-state index contributed by atoms with van der Waals surface area (Å²) < 4.78 is 4.41. The van der Waals surface area contributed by atoms with Crippen molar-refractivity contribution in [1.29, 1.82) is 0 Å². The Labute approximate surface area is 70.5 Å². The Hall–Kier alpha value is -1.10. The van der Waals surface area contributed by atoms with Gasteiger partial charge in [-0.25, -0.2) is 0 Å². The maximum absolute atomic E-state index is 10.2. The predicted molar refractivity (Wildman–Crippen MR) is 41.5 cm³/mol. The zero-order chi connectivity index (χ0) is 9.40. The molecule has 0 rings (SSSR count). The molecule has 0 heterocycles. The van der Waals surface area contributed by atoms with Crippen molar-refractivity contribution >= 4 is 12.4 Å². The summed E-state index contributed by atoms with van der Waals surface area (Å²) in [7, 11) is 0. The van der Waals surface area contributed by atoms with E-state index in [1.54, 1.807) is 0 Å². The first-order valence-electron chi connectivity index (χ1n) is 3.72. The standard InChI is InChI=1S/C7H13NO4/c8-6(7(10)11)3-1-2-4-12-5-9/h5-6H,1-4,8H2,(H,10,11)/t6-/m0/s1. The van der Waals surface area contributed by atoms with Gasteiger partial charge in [0.1, 0.15) is 6.04 Å². The maximum atomic E-state index is 10.2. The van der Waals surface area contributed by atoms with Crippen molar-refractivity contribution in [2.75, 3.05) is 6.61 Å². The summed E-state index contributed by atoms with van der Waals surface area (Å²) in [5.74, 6) is -0.994. The first-order chi connectivity index (χ1) is 5.68. The summed E-state index contributed by atoms with van der Waals surface area (Å²) in [4.78, 5) is 19.9. The van der Waals surface area contributed by atoms with Crippen molar-refractivity contribution in [3.05, 3.63) is 0 Å². The van der Waals surface area contributed by atoms with E-state index in [-0.39, 0.29) is 0 Å². The zero-order valence-electron chi connectivity index (χ0n) is 6.73. The highest BCUT2D eigenvalue weighted by molar-refractivity contribution is 5.72. The number of carbonyl (C=O) groups is 2. The van der Waals surface area contributed by atoms with Crippen molar-refractivity contribution in [2.45, 2.75) is 25.3 Å². The van der Waals surface area contributed by atoms with Gasteiger partial charge in [0.2, 0.25) is 0 Å². The highest BCUT2D eigenvalue weighted by Gasteiger charge is 2.09. The Morgan fingerprint density at radius 3 is 2.75 bits per heavy atom. The van der Waals surface area contributed by atoms with E-state index in [1.807, 2.05) is 0 Å². The molecule has 0 aromatic rings. The van der Waals surface area contributed by atoms with Crippen LogP contribution in [0.25, 0.3) is 0 Å². The molecule has 0 aromatic heterocycles. The number of carbonyl (C=O) groups excluding carboxylic acids is 1. The van der Waals surface area contributed by atoms with Crippen LogP contribution in [0, 0.1) is 0 Å². The molecule has 12 heavy (non-hydrogen) atoms. The van der Waals surface area contributed by atoms with Crippen LogP contribution in [0.1, 0.15) is 19.3 Å². The van der Waals surface area contributed by atoms with Gasteiger partial charge in [0, 0.05) is 0 Å². The van der Waals surface area contributed by atoms with E-state index in [9.17, 15) is 9.59 Å². The van der Waals surface area contributed by atoms with Crippen LogP contribution in [0.2, 0.25) is 0 Å². The van der Waals surface area contributed by atoms with Crippen molar-refractivity contribution in [3.63, 3.8) is 0 Å². The SMILES string of the molecule is N[C@@H](CCCCOC=O)C(=O)O. The molecule has 0 saturated heterocycles. The molecular weight excluding hydrogens is 162 g/mol. The van der Waals surface area contributed by atoms with Crippen molar-refractivity contribution in [3.8, 4) is 0 Å². The Morgan fingerprint density at radius 2 is 2.25 bits per heavy atom. The van der Waals surface area contributed by atoms with E-state index >= 15 is 0 Å². The number of unbranched alkanes of at least 4 members (excludes halogenated alkanes) is 1. The van der Waals surface area contributed by atoms with E-state index in [2.05, 4.69) is 4.74 Å². The molecule has 0 aliphatic carbocycles. The van der Waals surface area contributed by atoms with Crippen LogP contribution in [0.5, 0.6) is 0 Å². The summed E-state index contributed by atoms with van der Waals surface area (Å²) in [5.41, 5.74) is 5.22. The van der Waals surface area contributed by atoms with Gasteiger partial charge in [-0.3, -0.25) is 9.59 Å². The highest BCUT2D eigenvalue weighted by Crippen LogP contribution is 1.98. The number of hydrogen-bond donors (Lipinski definition) is 2. The Morgan fingerprint density at radius 1 is 1.58 bits per heavy atom. The van der Waals surface area contributed by atoms with Crippen LogP contribution < -0.4 is 5.73 Å².